The molecule has 4 aromatic carbocycles. The summed E-state index contributed by atoms with van der Waals surface area (Å²) in [6, 6.07) is 28.5. The Bertz CT molecular complexity index is 2210. The van der Waals surface area contributed by atoms with Crippen LogP contribution in [-0.4, -0.2) is 41.7 Å². The van der Waals surface area contributed by atoms with Gasteiger partial charge in [-0.25, -0.2) is 0 Å². The highest BCUT2D eigenvalue weighted by molar-refractivity contribution is 8.00. The molecule has 9 rings (SSSR count). The largest absolute Gasteiger partial charge is 0.497 e. The maximum absolute atomic E-state index is 14.1. The monoisotopic (exact) mass is 689 g/mol. The molecule has 3 heterocycles. The van der Waals surface area contributed by atoms with E-state index in [1.54, 1.807) is 43.1 Å². The van der Waals surface area contributed by atoms with Crippen molar-refractivity contribution in [1.82, 2.24) is 4.98 Å². The molecule has 7 atom stereocenters. The van der Waals surface area contributed by atoms with Gasteiger partial charge < -0.3 is 19.8 Å². The van der Waals surface area contributed by atoms with Crippen LogP contribution in [0.4, 0.5) is 11.4 Å². The molecular formula is C38H31N3O6S2. The summed E-state index contributed by atoms with van der Waals surface area (Å²) in [4.78, 5) is 58.8. The van der Waals surface area contributed by atoms with E-state index in [0.29, 0.717) is 22.9 Å². The number of thiazole rings is 1. The highest BCUT2D eigenvalue weighted by atomic mass is 32.2. The van der Waals surface area contributed by atoms with Crippen molar-refractivity contribution < 1.29 is 23.9 Å². The second-order valence-corrected chi connectivity index (χ2v) is 15.3. The molecule has 3 amide bonds. The van der Waals surface area contributed by atoms with Gasteiger partial charge in [0.15, 0.2) is 6.61 Å². The summed E-state index contributed by atoms with van der Waals surface area (Å²) in [6.07, 6.45) is 0.798. The number of fused-ring (bicyclic) bond motifs is 10. The molecule has 1 aromatic heterocycles. The first kappa shape index (κ1) is 30.2. The number of aromatic amines is 1. The molecular weight excluding hydrogens is 659 g/mol. The minimum Gasteiger partial charge on any atom is -0.497 e. The minimum absolute atomic E-state index is 0.0140. The lowest BCUT2D eigenvalue weighted by Crippen LogP contribution is -2.42. The van der Waals surface area contributed by atoms with E-state index >= 15 is 0 Å². The number of carbonyl (C=O) groups excluding carboxylic acids is 3. The number of nitrogens with one attached hydrogen (secondary N) is 2. The second-order valence-electron chi connectivity index (χ2n) is 13.1. The van der Waals surface area contributed by atoms with Crippen LogP contribution >= 0.6 is 23.1 Å². The molecule has 1 saturated heterocycles. The number of anilines is 2. The van der Waals surface area contributed by atoms with Crippen LogP contribution in [0.25, 0.3) is 10.8 Å². The number of hydrogen-bond donors (Lipinski definition) is 2. The van der Waals surface area contributed by atoms with E-state index in [-0.39, 0.29) is 64.0 Å². The molecule has 2 aliphatic carbocycles. The Morgan fingerprint density at radius 1 is 0.878 bits per heavy atom. The average molecular weight is 690 g/mol. The summed E-state index contributed by atoms with van der Waals surface area (Å²) in [5.74, 6) is -0.232. The molecule has 2 bridgehead atoms. The van der Waals surface area contributed by atoms with E-state index in [1.165, 1.54) is 16.2 Å². The van der Waals surface area contributed by atoms with Crippen molar-refractivity contribution in [3.8, 4) is 11.5 Å². The number of thioether (sulfide) groups is 1. The number of imide groups is 1. The minimum atomic E-state index is -0.403. The van der Waals surface area contributed by atoms with Gasteiger partial charge in [-0.15, -0.1) is 11.8 Å². The van der Waals surface area contributed by atoms with E-state index in [4.69, 9.17) is 9.47 Å². The van der Waals surface area contributed by atoms with Gasteiger partial charge in [-0.05, 0) is 89.0 Å². The number of hydrogen-bond acceptors (Lipinski definition) is 8. The number of ether oxygens (including phenoxy) is 2. The number of rotatable bonds is 7. The molecule has 246 valence electrons. The second kappa shape index (κ2) is 11.6. The lowest BCUT2D eigenvalue weighted by atomic mass is 9.68. The predicted molar refractivity (Wildman–Crippen MR) is 188 cm³/mol. The lowest BCUT2D eigenvalue weighted by molar-refractivity contribution is -0.123. The summed E-state index contributed by atoms with van der Waals surface area (Å²) in [5.41, 5.74) is 2.23. The van der Waals surface area contributed by atoms with Gasteiger partial charge in [-0.2, -0.15) is 0 Å². The van der Waals surface area contributed by atoms with Gasteiger partial charge in [-0.3, -0.25) is 24.1 Å². The molecule has 0 spiro atoms. The van der Waals surface area contributed by atoms with Crippen molar-refractivity contribution in [2.24, 2.45) is 29.6 Å². The zero-order valence-corrected chi connectivity index (χ0v) is 28.0. The number of nitrogens with zero attached hydrogens (tertiary/aromatic N) is 1. The van der Waals surface area contributed by atoms with Gasteiger partial charge in [-0.1, -0.05) is 53.8 Å². The third-order valence-corrected chi connectivity index (χ3v) is 13.3. The van der Waals surface area contributed by atoms with Crippen LogP contribution in [0.1, 0.15) is 22.8 Å². The lowest BCUT2D eigenvalue weighted by Gasteiger charge is -2.43. The molecule has 2 aliphatic heterocycles. The quantitative estimate of drug-likeness (QED) is 0.193. The molecule has 3 fully saturated rings. The fraction of sp³-hybridized carbons (Fsp3) is 0.263. The molecule has 49 heavy (non-hydrogen) atoms. The zero-order valence-electron chi connectivity index (χ0n) is 26.3. The Hall–Kier alpha value is -4.87. The summed E-state index contributed by atoms with van der Waals surface area (Å²) >= 11 is 2.87. The molecule has 6 unspecified atom stereocenters. The van der Waals surface area contributed by atoms with Crippen molar-refractivity contribution in [2.45, 2.75) is 22.6 Å². The normalized spacial score (nSPS) is 26.4. The zero-order chi connectivity index (χ0) is 33.4. The van der Waals surface area contributed by atoms with Crippen molar-refractivity contribution >= 4 is 63.0 Å². The van der Waals surface area contributed by atoms with Gasteiger partial charge in [0.05, 0.1) is 29.7 Å². The topological polar surface area (TPSA) is 118 Å². The molecule has 9 nitrogen and oxygen atoms in total. The van der Waals surface area contributed by atoms with Crippen LogP contribution in [0.5, 0.6) is 11.5 Å². The molecule has 0 radical (unpaired) electrons. The Balaban J connectivity index is 0.983. The van der Waals surface area contributed by atoms with E-state index in [9.17, 15) is 19.2 Å². The Labute approximate surface area is 289 Å². The predicted octanol–water partition coefficient (Wildman–Crippen LogP) is 6.29. The third-order valence-electron chi connectivity index (χ3n) is 10.7. The van der Waals surface area contributed by atoms with Crippen molar-refractivity contribution in [1.29, 1.82) is 0 Å². The van der Waals surface area contributed by atoms with Gasteiger partial charge in [0.25, 0.3) is 5.91 Å². The van der Waals surface area contributed by atoms with Crippen LogP contribution in [0.15, 0.2) is 101 Å². The molecule has 2 N–H and O–H groups in total. The number of benzene rings is 4. The Morgan fingerprint density at radius 2 is 1.65 bits per heavy atom. The fourth-order valence-corrected chi connectivity index (χ4v) is 11.7. The fourth-order valence-electron chi connectivity index (χ4n) is 8.79. The summed E-state index contributed by atoms with van der Waals surface area (Å²) < 4.78 is 11.3. The SMILES string of the molecule is COc1ccc(N2C(=O)C3C4CC(C3C2=O)C2C4Sc3[nH]c(=O)sc3[C@@H]2c2cccc(OCC(=O)Nc3ccc4ccccc4c3)c2)cc1. The van der Waals surface area contributed by atoms with Crippen LogP contribution < -0.4 is 24.6 Å². The number of methoxy groups -OCH3 is 1. The Kier molecular flexibility index (Phi) is 7.17. The van der Waals surface area contributed by atoms with Gasteiger partial charge in [0.1, 0.15) is 11.5 Å². The van der Waals surface area contributed by atoms with Gasteiger partial charge >= 0.3 is 4.87 Å². The molecule has 4 aliphatic rings. The maximum atomic E-state index is 14.1. The van der Waals surface area contributed by atoms with Gasteiger partial charge in [0, 0.05) is 21.7 Å². The highest BCUT2D eigenvalue weighted by Crippen LogP contribution is 2.68. The molecule has 11 heteroatoms. The smallest absolute Gasteiger partial charge is 0.305 e. The van der Waals surface area contributed by atoms with E-state index < -0.39 is 5.92 Å². The van der Waals surface area contributed by atoms with Crippen LogP contribution in [-0.2, 0) is 14.4 Å². The maximum Gasteiger partial charge on any atom is 0.305 e. The van der Waals surface area contributed by atoms with E-state index in [2.05, 4.69) is 10.3 Å². The summed E-state index contributed by atoms with van der Waals surface area (Å²) in [7, 11) is 1.58. The molecule has 5 aromatic rings. The van der Waals surface area contributed by atoms with Crippen molar-refractivity contribution in [3.63, 3.8) is 0 Å². The first-order chi connectivity index (χ1) is 23.9. The van der Waals surface area contributed by atoms with Crippen molar-refractivity contribution in [3.05, 3.63) is 111 Å². The number of carbonyl (C=O) groups is 3. The highest BCUT2D eigenvalue weighted by Gasteiger charge is 2.69. The molecule has 2 saturated carbocycles. The van der Waals surface area contributed by atoms with E-state index in [0.717, 1.165) is 32.7 Å². The van der Waals surface area contributed by atoms with Crippen molar-refractivity contribution in [2.75, 3.05) is 23.9 Å². The first-order valence-electron chi connectivity index (χ1n) is 16.3. The van der Waals surface area contributed by atoms with Crippen LogP contribution in [0.2, 0.25) is 0 Å². The Morgan fingerprint density at radius 3 is 2.45 bits per heavy atom. The summed E-state index contributed by atoms with van der Waals surface area (Å²) in [5, 5.41) is 5.96. The van der Waals surface area contributed by atoms with E-state index in [1.807, 2.05) is 66.7 Å². The van der Waals surface area contributed by atoms with Gasteiger partial charge in [0.2, 0.25) is 11.8 Å². The number of H-pyrrole nitrogens is 1. The van der Waals surface area contributed by atoms with Crippen LogP contribution in [0.3, 0.4) is 0 Å². The third kappa shape index (κ3) is 4.89. The van der Waals surface area contributed by atoms with Crippen LogP contribution in [0, 0.1) is 29.6 Å². The number of amides is 3. The average Bonchev–Trinajstić information content (AvgIpc) is 3.86. The standard InChI is InChI=1S/C38H31N3O6S2/c1-46-24-13-11-23(12-14-24)41-36(43)31-26-17-27(32(31)37(41)44)33-30(26)29(34-35(48-33)40-38(45)49-34)21-7-4-8-25(16-21)47-18-28(42)39-22-10-9-19-5-2-3-6-20(19)15-22/h2-16,26-27,29-33H,17-18H2,1H3,(H,39,42)(H,40,45)/t26?,27?,29-,30?,31?,32?,33?/m1/s1. The number of aromatic nitrogens is 1. The summed E-state index contributed by atoms with van der Waals surface area (Å²) in [6.45, 7) is -0.169. The first-order valence-corrected chi connectivity index (χ1v) is 18.0.